The largest absolute Gasteiger partial charge is 0.457 e. The quantitative estimate of drug-likeness (QED) is 0.762. The van der Waals surface area contributed by atoms with Crippen LogP contribution in [0.25, 0.3) is 0 Å². The first-order chi connectivity index (χ1) is 12.2. The average molecular weight is 333 g/mol. The maximum absolute atomic E-state index is 6.09. The molecule has 2 aromatic rings. The predicted octanol–water partition coefficient (Wildman–Crippen LogP) is 4.67. The van der Waals surface area contributed by atoms with Crippen molar-refractivity contribution in [2.45, 2.75) is 13.0 Å². The van der Waals surface area contributed by atoms with Gasteiger partial charge in [0.15, 0.2) is 0 Å². The van der Waals surface area contributed by atoms with Gasteiger partial charge in [0.2, 0.25) is 11.7 Å². The minimum Gasteiger partial charge on any atom is -0.457 e. The first-order valence-corrected chi connectivity index (χ1v) is 8.39. The van der Waals surface area contributed by atoms with Gasteiger partial charge in [-0.3, -0.25) is 0 Å². The molecule has 1 unspecified atom stereocenters. The minimum atomic E-state index is 0.262. The molecule has 0 radical (unpaired) electrons. The van der Waals surface area contributed by atoms with Gasteiger partial charge in [-0.05, 0) is 23.3 Å². The number of rotatable bonds is 4. The van der Waals surface area contributed by atoms with Crippen molar-refractivity contribution >= 4 is 11.4 Å². The molecule has 5 heteroatoms. The van der Waals surface area contributed by atoms with Crippen molar-refractivity contribution < 1.29 is 9.43 Å². The summed E-state index contributed by atoms with van der Waals surface area (Å²) >= 11 is 0. The highest BCUT2D eigenvalue weighted by molar-refractivity contribution is 5.54. The SMILES string of the molecule is CC1C=CN=[N+]1c1cccc(Oc2cccc(N3C=CN(C)C3)c2)c1. The van der Waals surface area contributed by atoms with E-state index in [0.717, 1.165) is 29.5 Å². The highest BCUT2D eigenvalue weighted by Crippen LogP contribution is 2.30. The molecule has 1 atom stereocenters. The monoisotopic (exact) mass is 333 g/mol. The van der Waals surface area contributed by atoms with Crippen molar-refractivity contribution in [1.29, 1.82) is 0 Å². The number of ether oxygens (including phenoxy) is 1. The molecule has 2 aliphatic rings. The molecule has 0 amide bonds. The van der Waals surface area contributed by atoms with E-state index in [0.29, 0.717) is 0 Å². The second kappa shape index (κ2) is 6.43. The normalized spacial score (nSPS) is 18.8. The van der Waals surface area contributed by atoms with E-state index in [9.17, 15) is 0 Å². The third-order valence-corrected chi connectivity index (χ3v) is 4.29. The van der Waals surface area contributed by atoms with Crippen molar-refractivity contribution in [3.8, 4) is 11.5 Å². The second-order valence-electron chi connectivity index (χ2n) is 6.31. The Balaban J connectivity index is 1.54. The smallest absolute Gasteiger partial charge is 0.236 e. The zero-order valence-corrected chi connectivity index (χ0v) is 14.4. The fourth-order valence-corrected chi connectivity index (χ4v) is 2.97. The van der Waals surface area contributed by atoms with E-state index < -0.39 is 0 Å². The summed E-state index contributed by atoms with van der Waals surface area (Å²) in [5.41, 5.74) is 2.14. The van der Waals surface area contributed by atoms with Crippen LogP contribution >= 0.6 is 0 Å². The van der Waals surface area contributed by atoms with Crippen LogP contribution in [0.2, 0.25) is 0 Å². The van der Waals surface area contributed by atoms with Gasteiger partial charge in [0.1, 0.15) is 11.5 Å². The number of hydrogen-bond donors (Lipinski definition) is 0. The lowest BCUT2D eigenvalue weighted by Gasteiger charge is -2.18. The number of anilines is 1. The maximum Gasteiger partial charge on any atom is 0.236 e. The summed E-state index contributed by atoms with van der Waals surface area (Å²) < 4.78 is 8.07. The number of nitrogens with zero attached hydrogens (tertiary/aromatic N) is 4. The van der Waals surface area contributed by atoms with E-state index in [-0.39, 0.29) is 6.04 Å². The molecule has 2 aromatic carbocycles. The fourth-order valence-electron chi connectivity index (χ4n) is 2.97. The van der Waals surface area contributed by atoms with Gasteiger partial charge in [0, 0.05) is 50.3 Å². The van der Waals surface area contributed by atoms with Gasteiger partial charge in [0.25, 0.3) is 0 Å². The highest BCUT2D eigenvalue weighted by atomic mass is 16.5. The summed E-state index contributed by atoms with van der Waals surface area (Å²) in [6.45, 7) is 2.96. The van der Waals surface area contributed by atoms with Crippen LogP contribution in [0.5, 0.6) is 11.5 Å². The van der Waals surface area contributed by atoms with Gasteiger partial charge >= 0.3 is 0 Å². The fraction of sp³-hybridized carbons (Fsp3) is 0.200. The summed E-state index contributed by atoms with van der Waals surface area (Å²) in [4.78, 5) is 4.31. The van der Waals surface area contributed by atoms with E-state index in [1.165, 1.54) is 0 Å². The Morgan fingerprint density at radius 1 is 1.08 bits per heavy atom. The molecule has 0 bridgehead atoms. The van der Waals surface area contributed by atoms with Crippen molar-refractivity contribution in [3.05, 3.63) is 73.2 Å². The Morgan fingerprint density at radius 3 is 2.60 bits per heavy atom. The third-order valence-electron chi connectivity index (χ3n) is 4.29. The summed E-state index contributed by atoms with van der Waals surface area (Å²) in [7, 11) is 2.06. The Hall–Kier alpha value is -3.08. The summed E-state index contributed by atoms with van der Waals surface area (Å²) in [5.74, 6) is 1.63. The van der Waals surface area contributed by atoms with Gasteiger partial charge < -0.3 is 14.5 Å². The Bertz CT molecular complexity index is 872. The molecule has 0 spiro atoms. The summed E-state index contributed by atoms with van der Waals surface area (Å²) in [6.07, 6.45) is 8.04. The van der Waals surface area contributed by atoms with E-state index >= 15 is 0 Å². The van der Waals surface area contributed by atoms with Gasteiger partial charge in [-0.25, -0.2) is 0 Å². The maximum atomic E-state index is 6.09. The van der Waals surface area contributed by atoms with Crippen LogP contribution < -0.4 is 9.64 Å². The van der Waals surface area contributed by atoms with Gasteiger partial charge in [0.05, 0.1) is 18.9 Å². The van der Waals surface area contributed by atoms with Crippen LogP contribution in [0.1, 0.15) is 6.92 Å². The average Bonchev–Trinajstić information content (AvgIpc) is 3.24. The Kier molecular flexibility index (Phi) is 3.98. The lowest BCUT2D eigenvalue weighted by molar-refractivity contribution is -0.526. The van der Waals surface area contributed by atoms with E-state index in [2.05, 4.69) is 59.5 Å². The van der Waals surface area contributed by atoms with Gasteiger partial charge in [-0.15, -0.1) is 0 Å². The number of benzene rings is 2. The molecule has 126 valence electrons. The molecule has 0 aliphatic carbocycles. The standard InChI is InChI=1S/C20H21N4O/c1-16-9-10-21-24(16)18-6-4-8-20(14-18)25-19-7-3-5-17(13-19)23-12-11-22(2)15-23/h3-14,16H,15H2,1-2H3/q+1. The van der Waals surface area contributed by atoms with Crippen molar-refractivity contribution in [1.82, 2.24) is 4.90 Å². The van der Waals surface area contributed by atoms with Crippen LogP contribution in [0, 0.1) is 0 Å². The molecule has 0 saturated heterocycles. The zero-order valence-electron chi connectivity index (χ0n) is 14.4. The van der Waals surface area contributed by atoms with Crippen LogP contribution in [-0.2, 0) is 0 Å². The number of azo groups is 2. The molecule has 4 rings (SSSR count). The van der Waals surface area contributed by atoms with Gasteiger partial charge in [-0.2, -0.15) is 0 Å². The van der Waals surface area contributed by atoms with Crippen molar-refractivity contribution in [2.24, 2.45) is 5.11 Å². The summed E-state index contributed by atoms with van der Waals surface area (Å²) in [5, 5.41) is 4.39. The minimum absolute atomic E-state index is 0.262. The first kappa shape index (κ1) is 15.4. The molecule has 2 aliphatic heterocycles. The molecule has 5 nitrogen and oxygen atoms in total. The topological polar surface area (TPSA) is 31.1 Å². The van der Waals surface area contributed by atoms with E-state index in [1.54, 1.807) is 0 Å². The Morgan fingerprint density at radius 2 is 1.88 bits per heavy atom. The molecule has 0 aromatic heterocycles. The number of hydrogen-bond acceptors (Lipinski definition) is 4. The van der Waals surface area contributed by atoms with Crippen molar-refractivity contribution in [3.63, 3.8) is 0 Å². The van der Waals surface area contributed by atoms with E-state index in [1.807, 2.05) is 47.3 Å². The summed E-state index contributed by atoms with van der Waals surface area (Å²) in [6, 6.07) is 16.4. The van der Waals surface area contributed by atoms with Crippen LogP contribution in [0.15, 0.2) is 78.3 Å². The molecule has 2 heterocycles. The van der Waals surface area contributed by atoms with Crippen LogP contribution in [0.3, 0.4) is 0 Å². The van der Waals surface area contributed by atoms with Crippen LogP contribution in [-0.4, -0.2) is 29.4 Å². The molecule has 0 fully saturated rings. The first-order valence-electron chi connectivity index (χ1n) is 8.39. The predicted molar refractivity (Wildman–Crippen MR) is 98.2 cm³/mol. The zero-order chi connectivity index (χ0) is 17.2. The second-order valence-corrected chi connectivity index (χ2v) is 6.31. The van der Waals surface area contributed by atoms with Gasteiger partial charge in [-0.1, -0.05) is 16.8 Å². The molecule has 0 N–H and O–H groups in total. The molecule has 0 saturated carbocycles. The molecule has 25 heavy (non-hydrogen) atoms. The lowest BCUT2D eigenvalue weighted by Crippen LogP contribution is -2.21. The molecular weight excluding hydrogens is 312 g/mol. The van der Waals surface area contributed by atoms with Crippen LogP contribution in [0.4, 0.5) is 11.4 Å². The lowest BCUT2D eigenvalue weighted by atomic mass is 10.2. The third kappa shape index (κ3) is 3.26. The van der Waals surface area contributed by atoms with Crippen molar-refractivity contribution in [2.75, 3.05) is 18.6 Å². The van der Waals surface area contributed by atoms with E-state index in [4.69, 9.17) is 4.74 Å². The molecular formula is C20H21N4O+. The highest BCUT2D eigenvalue weighted by Gasteiger charge is 2.22. The Labute approximate surface area is 147 Å².